The Morgan fingerprint density at radius 1 is 1.30 bits per heavy atom. The molecule has 2 fully saturated rings. The first-order valence-electron chi connectivity index (χ1n) is 7.86. The summed E-state index contributed by atoms with van der Waals surface area (Å²) in [6.45, 7) is 1.88. The van der Waals surface area contributed by atoms with E-state index in [2.05, 4.69) is 19.9 Å². The van der Waals surface area contributed by atoms with Gasteiger partial charge in [-0.3, -0.25) is 0 Å². The first-order chi connectivity index (χ1) is 11.2. The molecule has 2 saturated heterocycles. The van der Waals surface area contributed by atoms with Crippen LogP contribution in [0.3, 0.4) is 0 Å². The van der Waals surface area contributed by atoms with Crippen molar-refractivity contribution in [3.63, 3.8) is 0 Å². The van der Waals surface area contributed by atoms with Crippen molar-refractivity contribution in [2.75, 3.05) is 30.3 Å². The molecule has 23 heavy (non-hydrogen) atoms. The summed E-state index contributed by atoms with van der Waals surface area (Å²) in [6, 6.07) is 0. The van der Waals surface area contributed by atoms with Gasteiger partial charge in [-0.1, -0.05) is 0 Å². The van der Waals surface area contributed by atoms with Crippen molar-refractivity contribution in [2.45, 2.75) is 36.0 Å². The molecule has 9 heteroatoms. The number of imidazole rings is 1. The average Bonchev–Trinajstić information content (AvgIpc) is 3.24. The van der Waals surface area contributed by atoms with Crippen molar-refractivity contribution in [3.05, 3.63) is 6.33 Å². The number of aromatic nitrogens is 4. The number of aliphatic hydroxyl groups excluding tert-OH is 2. The fourth-order valence-corrected chi connectivity index (χ4v) is 4.70. The van der Waals surface area contributed by atoms with Gasteiger partial charge in [0, 0.05) is 19.5 Å². The second-order valence-electron chi connectivity index (χ2n) is 6.04. The second kappa shape index (κ2) is 5.81. The number of hydrogen-bond donors (Lipinski definition) is 3. The molecule has 0 unspecified atom stereocenters. The highest BCUT2D eigenvalue weighted by Crippen LogP contribution is 2.43. The fraction of sp³-hybridized carbons (Fsp3) is 0.643. The van der Waals surface area contributed by atoms with E-state index in [1.165, 1.54) is 0 Å². The van der Waals surface area contributed by atoms with E-state index < -0.39 is 6.10 Å². The fourth-order valence-electron chi connectivity index (χ4n) is 3.33. The minimum atomic E-state index is -0.523. The van der Waals surface area contributed by atoms with E-state index in [4.69, 9.17) is 5.73 Å². The third-order valence-electron chi connectivity index (χ3n) is 4.52. The van der Waals surface area contributed by atoms with Crippen molar-refractivity contribution in [1.82, 2.24) is 19.5 Å². The summed E-state index contributed by atoms with van der Waals surface area (Å²) in [5.74, 6) is 1.04. The Morgan fingerprint density at radius 2 is 2.09 bits per heavy atom. The van der Waals surface area contributed by atoms with Gasteiger partial charge in [-0.15, -0.1) is 11.8 Å². The maximum Gasteiger partial charge on any atom is 0.224 e. The number of aliphatic hydroxyl groups is 2. The molecule has 2 aromatic heterocycles. The normalized spacial score (nSPS) is 28.1. The van der Waals surface area contributed by atoms with Gasteiger partial charge in [0.15, 0.2) is 17.0 Å². The predicted molar refractivity (Wildman–Crippen MR) is 89.3 cm³/mol. The Labute approximate surface area is 137 Å². The van der Waals surface area contributed by atoms with Crippen molar-refractivity contribution in [3.8, 4) is 0 Å². The smallest absolute Gasteiger partial charge is 0.224 e. The summed E-state index contributed by atoms with van der Waals surface area (Å²) >= 11 is 1.54. The van der Waals surface area contributed by atoms with Crippen LogP contribution in [0, 0.1) is 0 Å². The Hall–Kier alpha value is -1.58. The van der Waals surface area contributed by atoms with Crippen LogP contribution in [0.5, 0.6) is 0 Å². The van der Waals surface area contributed by atoms with Crippen LogP contribution >= 0.6 is 11.8 Å². The summed E-state index contributed by atoms with van der Waals surface area (Å²) in [5, 5.41) is 19.2. The van der Waals surface area contributed by atoms with Gasteiger partial charge >= 0.3 is 0 Å². The molecular formula is C14H20N6O2S. The predicted octanol–water partition coefficient (Wildman–Crippen LogP) is 0.366. The number of hydrogen-bond acceptors (Lipinski definition) is 8. The Morgan fingerprint density at radius 3 is 2.78 bits per heavy atom. The molecule has 8 nitrogen and oxygen atoms in total. The summed E-state index contributed by atoms with van der Waals surface area (Å²) in [5.41, 5.74) is 7.36. The van der Waals surface area contributed by atoms with Crippen LogP contribution in [0.15, 0.2) is 6.33 Å². The van der Waals surface area contributed by atoms with Gasteiger partial charge in [0.2, 0.25) is 5.95 Å². The van der Waals surface area contributed by atoms with Gasteiger partial charge in [-0.25, -0.2) is 4.98 Å². The van der Waals surface area contributed by atoms with E-state index >= 15 is 0 Å². The van der Waals surface area contributed by atoms with Crippen LogP contribution in [-0.4, -0.2) is 60.8 Å². The van der Waals surface area contributed by atoms with Crippen molar-refractivity contribution >= 4 is 34.7 Å². The van der Waals surface area contributed by atoms with Crippen LogP contribution in [0.2, 0.25) is 0 Å². The summed E-state index contributed by atoms with van der Waals surface area (Å²) in [7, 11) is 0. The van der Waals surface area contributed by atoms with Gasteiger partial charge < -0.3 is 25.4 Å². The van der Waals surface area contributed by atoms with Crippen LogP contribution in [0.1, 0.15) is 24.6 Å². The number of nitrogens with zero attached hydrogens (tertiary/aromatic N) is 5. The van der Waals surface area contributed by atoms with E-state index in [0.717, 1.165) is 37.3 Å². The van der Waals surface area contributed by atoms with Crippen LogP contribution in [0.25, 0.3) is 11.2 Å². The minimum absolute atomic E-state index is 0.00659. The number of nitrogen functional groups attached to an aromatic ring is 1. The highest BCUT2D eigenvalue weighted by Gasteiger charge is 2.35. The molecule has 2 aromatic rings. The lowest BCUT2D eigenvalue weighted by Crippen LogP contribution is -2.20. The number of rotatable bonds is 3. The van der Waals surface area contributed by atoms with Crippen LogP contribution < -0.4 is 10.6 Å². The quantitative estimate of drug-likeness (QED) is 0.736. The summed E-state index contributed by atoms with van der Waals surface area (Å²) < 4.78 is 1.94. The highest BCUT2D eigenvalue weighted by molar-refractivity contribution is 8.00. The third-order valence-corrected chi connectivity index (χ3v) is 6.07. The van der Waals surface area contributed by atoms with E-state index in [1.807, 2.05) is 4.57 Å². The van der Waals surface area contributed by atoms with Gasteiger partial charge in [-0.05, 0) is 12.8 Å². The molecule has 0 spiro atoms. The SMILES string of the molecule is Nc1nc(N2CCCC2)c2ncn([C@H]3C[C@H](O)[C@@H](CO)S3)c2n1. The second-order valence-corrected chi connectivity index (χ2v) is 7.46. The van der Waals surface area contributed by atoms with Gasteiger partial charge in [0.25, 0.3) is 0 Å². The Bertz CT molecular complexity index is 717. The highest BCUT2D eigenvalue weighted by atomic mass is 32.2. The molecule has 3 atom stereocenters. The molecule has 0 amide bonds. The number of thioether (sulfide) groups is 1. The van der Waals surface area contributed by atoms with Crippen LogP contribution in [-0.2, 0) is 0 Å². The molecule has 0 radical (unpaired) electrons. The molecular weight excluding hydrogens is 316 g/mol. The molecule has 0 saturated carbocycles. The van der Waals surface area contributed by atoms with Crippen molar-refractivity contribution in [2.24, 2.45) is 0 Å². The monoisotopic (exact) mass is 336 g/mol. The largest absolute Gasteiger partial charge is 0.395 e. The van der Waals surface area contributed by atoms with Gasteiger partial charge in [0.05, 0.1) is 29.7 Å². The van der Waals surface area contributed by atoms with Crippen LogP contribution in [0.4, 0.5) is 11.8 Å². The molecule has 4 rings (SSSR count). The molecule has 0 bridgehead atoms. The average molecular weight is 336 g/mol. The van der Waals surface area contributed by atoms with Crippen molar-refractivity contribution < 1.29 is 10.2 Å². The topological polar surface area (TPSA) is 113 Å². The Balaban J connectivity index is 1.75. The third kappa shape index (κ3) is 2.52. The van der Waals surface area contributed by atoms with Gasteiger partial charge in [-0.2, -0.15) is 9.97 Å². The Kier molecular flexibility index (Phi) is 3.78. The molecule has 4 N–H and O–H groups in total. The first kappa shape index (κ1) is 15.0. The van der Waals surface area contributed by atoms with E-state index in [-0.39, 0.29) is 23.2 Å². The van der Waals surface area contributed by atoms with Gasteiger partial charge in [0.1, 0.15) is 0 Å². The number of nitrogens with two attached hydrogens (primary N) is 1. The molecule has 0 aromatic carbocycles. The maximum atomic E-state index is 10.0. The molecule has 0 aliphatic carbocycles. The standard InChI is InChI=1S/C14H20N6O2S/c15-14-17-12(19-3-1-2-4-19)11-13(18-14)20(7-16-11)10-5-8(22)9(6-21)23-10/h7-10,21-22H,1-6H2,(H2,15,17,18)/t8-,9+,10+/m0/s1. The minimum Gasteiger partial charge on any atom is -0.395 e. The molecule has 4 heterocycles. The zero-order chi connectivity index (χ0) is 16.0. The number of fused-ring (bicyclic) bond motifs is 1. The van der Waals surface area contributed by atoms with E-state index in [1.54, 1.807) is 18.1 Å². The maximum absolute atomic E-state index is 10.0. The van der Waals surface area contributed by atoms with E-state index in [0.29, 0.717) is 12.1 Å². The zero-order valence-electron chi connectivity index (χ0n) is 12.7. The lowest BCUT2D eigenvalue weighted by molar-refractivity contribution is 0.138. The molecule has 124 valence electrons. The number of anilines is 2. The lowest BCUT2D eigenvalue weighted by Gasteiger charge is -2.17. The molecule has 2 aliphatic rings. The zero-order valence-corrected chi connectivity index (χ0v) is 13.5. The summed E-state index contributed by atoms with van der Waals surface area (Å²) in [6.07, 6.45) is 4.07. The molecule has 2 aliphatic heterocycles. The first-order valence-corrected chi connectivity index (χ1v) is 8.81. The summed E-state index contributed by atoms with van der Waals surface area (Å²) in [4.78, 5) is 15.5. The lowest BCUT2D eigenvalue weighted by atomic mass is 10.2. The van der Waals surface area contributed by atoms with Crippen molar-refractivity contribution in [1.29, 1.82) is 0 Å². The van der Waals surface area contributed by atoms with E-state index in [9.17, 15) is 10.2 Å².